The average molecular weight is 482 g/mol. The Morgan fingerprint density at radius 2 is 1.04 bits per heavy atom. The van der Waals surface area contributed by atoms with Crippen LogP contribution in [0.1, 0.15) is 43.0 Å². The van der Waals surface area contributed by atoms with Gasteiger partial charge in [-0.25, -0.2) is 9.59 Å². The van der Waals surface area contributed by atoms with Gasteiger partial charge in [-0.1, -0.05) is 31.9 Å². The van der Waals surface area contributed by atoms with Gasteiger partial charge in [0.2, 0.25) is 0 Å². The molecule has 2 aromatic carbocycles. The molecule has 0 aliphatic heterocycles. The molecular weight excluding hydrogens is 464 g/mol. The van der Waals surface area contributed by atoms with E-state index in [4.69, 9.17) is 9.47 Å². The second-order valence-corrected chi connectivity index (χ2v) is 7.89. The molecule has 0 N–H and O–H groups in total. The summed E-state index contributed by atoms with van der Waals surface area (Å²) in [5.41, 5.74) is 5.05. The number of benzene rings is 2. The lowest BCUT2D eigenvalue weighted by Crippen LogP contribution is -2.12. The van der Waals surface area contributed by atoms with Crippen molar-refractivity contribution in [3.63, 3.8) is 0 Å². The molecule has 0 aromatic heterocycles. The minimum Gasteiger partial charge on any atom is -0.465 e. The molecule has 4 aliphatic carbocycles. The summed E-state index contributed by atoms with van der Waals surface area (Å²) >= 11 is 7.23. The van der Waals surface area contributed by atoms with Gasteiger partial charge in [-0.05, 0) is 72.2 Å². The maximum absolute atomic E-state index is 12.2. The third-order valence-corrected chi connectivity index (χ3v) is 6.16. The number of carbonyl (C=O) groups excluding carboxylic acids is 2. The van der Waals surface area contributed by atoms with Crippen molar-refractivity contribution in [2.24, 2.45) is 0 Å². The molecule has 0 saturated carbocycles. The molecule has 26 heavy (non-hydrogen) atoms. The summed E-state index contributed by atoms with van der Waals surface area (Å²) in [6, 6.07) is 7.80. The summed E-state index contributed by atoms with van der Waals surface area (Å²) in [6.07, 6.45) is 2.67. The average Bonchev–Trinajstić information content (AvgIpc) is 2.63. The van der Waals surface area contributed by atoms with E-state index in [2.05, 4.69) is 31.9 Å². The van der Waals surface area contributed by atoms with Crippen molar-refractivity contribution in [1.82, 2.24) is 0 Å². The highest BCUT2D eigenvalue weighted by Gasteiger charge is 2.20. The maximum Gasteiger partial charge on any atom is 0.338 e. The van der Waals surface area contributed by atoms with Crippen molar-refractivity contribution in [3.05, 3.63) is 66.6 Å². The van der Waals surface area contributed by atoms with E-state index in [1.807, 2.05) is 24.3 Å². The molecular formula is C20H18Br2O4. The Morgan fingerprint density at radius 3 is 1.38 bits per heavy atom. The highest BCUT2D eigenvalue weighted by Crippen LogP contribution is 2.30. The van der Waals surface area contributed by atoms with Crippen LogP contribution in [-0.2, 0) is 35.2 Å². The summed E-state index contributed by atoms with van der Waals surface area (Å²) in [7, 11) is 2.79. The molecule has 0 unspecified atom stereocenters. The first-order chi connectivity index (χ1) is 12.4. The Morgan fingerprint density at radius 1 is 0.692 bits per heavy atom. The van der Waals surface area contributed by atoms with Gasteiger partial charge in [0, 0.05) is 8.95 Å². The van der Waals surface area contributed by atoms with Crippen LogP contribution >= 0.6 is 31.9 Å². The summed E-state index contributed by atoms with van der Waals surface area (Å²) in [5, 5.41) is 0. The van der Waals surface area contributed by atoms with Crippen LogP contribution in [0.3, 0.4) is 0 Å². The van der Waals surface area contributed by atoms with Crippen LogP contribution in [0.15, 0.2) is 33.2 Å². The van der Waals surface area contributed by atoms with Gasteiger partial charge in [0.25, 0.3) is 0 Å². The number of rotatable bonds is 2. The summed E-state index contributed by atoms with van der Waals surface area (Å²) < 4.78 is 11.8. The first kappa shape index (κ1) is 19.1. The van der Waals surface area contributed by atoms with Crippen LogP contribution in [0.2, 0.25) is 0 Å². The molecule has 0 amide bonds. The molecule has 0 radical (unpaired) electrons. The summed E-state index contributed by atoms with van der Waals surface area (Å²) in [4.78, 5) is 24.4. The normalized spacial score (nSPS) is 13.1. The standard InChI is InChI=1S/C20H18Br2O4/c1-25-19(23)15-7-13-6-4-12-10-18(22)14(8-16(12)20(24)26-2)5-3-11(15)9-17(13)21/h7-10H,3-6H2,1-2H3. The molecule has 4 nitrogen and oxygen atoms in total. The molecule has 4 bridgehead atoms. The van der Waals surface area contributed by atoms with Gasteiger partial charge in [-0.3, -0.25) is 0 Å². The molecule has 0 spiro atoms. The summed E-state index contributed by atoms with van der Waals surface area (Å²) in [5.74, 6) is -0.650. The molecule has 6 heteroatoms. The van der Waals surface area contributed by atoms with Gasteiger partial charge in [-0.2, -0.15) is 0 Å². The number of aryl methyl sites for hydroxylation is 4. The van der Waals surface area contributed by atoms with Gasteiger partial charge in [0.1, 0.15) is 0 Å². The van der Waals surface area contributed by atoms with E-state index in [1.54, 1.807) is 0 Å². The number of esters is 2. The van der Waals surface area contributed by atoms with Crippen LogP contribution in [0, 0.1) is 0 Å². The number of methoxy groups -OCH3 is 2. The van der Waals surface area contributed by atoms with Crippen LogP contribution in [0.5, 0.6) is 0 Å². The molecule has 136 valence electrons. The third-order valence-electron chi connectivity index (χ3n) is 4.68. The monoisotopic (exact) mass is 480 g/mol. The Labute approximate surface area is 169 Å². The van der Waals surface area contributed by atoms with Gasteiger partial charge in [0.05, 0.1) is 25.3 Å². The van der Waals surface area contributed by atoms with Crippen molar-refractivity contribution >= 4 is 43.8 Å². The van der Waals surface area contributed by atoms with Crippen LogP contribution in [0.4, 0.5) is 0 Å². The Balaban J connectivity index is 2.13. The van der Waals surface area contributed by atoms with Gasteiger partial charge in [0.15, 0.2) is 0 Å². The Hall–Kier alpha value is -1.66. The largest absolute Gasteiger partial charge is 0.465 e. The minimum atomic E-state index is -0.325. The van der Waals surface area contributed by atoms with Crippen LogP contribution in [-0.4, -0.2) is 26.2 Å². The maximum atomic E-state index is 12.2. The Bertz CT molecular complexity index is 816. The fourth-order valence-corrected chi connectivity index (χ4v) is 4.43. The van der Waals surface area contributed by atoms with E-state index in [-0.39, 0.29) is 11.9 Å². The lowest BCUT2D eigenvalue weighted by atomic mass is 9.91. The van der Waals surface area contributed by atoms with E-state index in [0.717, 1.165) is 31.2 Å². The van der Waals surface area contributed by atoms with Crippen molar-refractivity contribution in [2.45, 2.75) is 25.7 Å². The van der Waals surface area contributed by atoms with E-state index in [1.165, 1.54) is 14.2 Å². The number of hydrogen-bond acceptors (Lipinski definition) is 4. The molecule has 0 saturated heterocycles. The van der Waals surface area contributed by atoms with Crippen molar-refractivity contribution < 1.29 is 19.1 Å². The minimum absolute atomic E-state index is 0.325. The number of hydrogen-bond donors (Lipinski definition) is 0. The number of ether oxygens (including phenoxy) is 2. The fraction of sp³-hybridized carbons (Fsp3) is 0.300. The van der Waals surface area contributed by atoms with Gasteiger partial charge in [-0.15, -0.1) is 0 Å². The highest BCUT2D eigenvalue weighted by atomic mass is 79.9. The van der Waals surface area contributed by atoms with E-state index >= 15 is 0 Å². The van der Waals surface area contributed by atoms with Gasteiger partial charge < -0.3 is 9.47 Å². The quantitative estimate of drug-likeness (QED) is 0.585. The molecule has 0 heterocycles. The number of carbonyl (C=O) groups is 2. The highest BCUT2D eigenvalue weighted by molar-refractivity contribution is 9.10. The lowest BCUT2D eigenvalue weighted by Gasteiger charge is -2.17. The first-order valence-corrected chi connectivity index (χ1v) is 9.82. The van der Waals surface area contributed by atoms with Crippen molar-refractivity contribution in [1.29, 1.82) is 0 Å². The topological polar surface area (TPSA) is 52.6 Å². The SMILES string of the molecule is COC(=O)c1cc2c(Br)cc1CCc1cc(C(=O)OC)c(cc1Br)CC2. The van der Waals surface area contributed by atoms with Crippen LogP contribution in [0.25, 0.3) is 0 Å². The predicted molar refractivity (Wildman–Crippen MR) is 106 cm³/mol. The molecule has 0 fully saturated rings. The second kappa shape index (κ2) is 7.92. The third kappa shape index (κ3) is 3.71. The second-order valence-electron chi connectivity index (χ2n) is 6.18. The van der Waals surface area contributed by atoms with E-state index < -0.39 is 0 Å². The summed E-state index contributed by atoms with van der Waals surface area (Å²) in [6.45, 7) is 0. The first-order valence-electron chi connectivity index (χ1n) is 8.23. The zero-order chi connectivity index (χ0) is 18.8. The Kier molecular flexibility index (Phi) is 5.82. The van der Waals surface area contributed by atoms with Gasteiger partial charge >= 0.3 is 11.9 Å². The fourth-order valence-electron chi connectivity index (χ4n) is 3.25. The zero-order valence-corrected chi connectivity index (χ0v) is 17.7. The predicted octanol–water partition coefficient (Wildman–Crippen LogP) is 4.67. The van der Waals surface area contributed by atoms with E-state index in [0.29, 0.717) is 36.8 Å². The van der Waals surface area contributed by atoms with Crippen molar-refractivity contribution in [3.8, 4) is 0 Å². The van der Waals surface area contributed by atoms with Crippen molar-refractivity contribution in [2.75, 3.05) is 14.2 Å². The smallest absolute Gasteiger partial charge is 0.338 e. The molecule has 4 aliphatic rings. The molecule has 6 rings (SSSR count). The zero-order valence-electron chi connectivity index (χ0n) is 14.5. The number of halogens is 2. The van der Waals surface area contributed by atoms with Crippen LogP contribution < -0.4 is 0 Å². The lowest BCUT2D eigenvalue weighted by molar-refractivity contribution is 0.0591. The molecule has 2 aromatic rings. The van der Waals surface area contributed by atoms with E-state index in [9.17, 15) is 9.59 Å². The molecule has 0 atom stereocenters.